The van der Waals surface area contributed by atoms with E-state index in [1.807, 2.05) is 13.8 Å². The van der Waals surface area contributed by atoms with E-state index in [1.165, 1.54) is 11.1 Å². The third kappa shape index (κ3) is 2.51. The van der Waals surface area contributed by atoms with E-state index >= 15 is 0 Å². The number of carbonyl (C=O) groups is 1. The molecule has 2 nitrogen and oxygen atoms in total. The molecule has 1 saturated heterocycles. The van der Waals surface area contributed by atoms with E-state index < -0.39 is 0 Å². The number of carbonyl (C=O) groups excluding carboxylic acids is 1. The van der Waals surface area contributed by atoms with Gasteiger partial charge in [0, 0.05) is 12.5 Å². The van der Waals surface area contributed by atoms with Gasteiger partial charge in [-0.05, 0) is 25.3 Å². The molecule has 0 aromatic heterocycles. The highest BCUT2D eigenvalue weighted by Crippen LogP contribution is 2.32. The Kier molecular flexibility index (Phi) is 3.51. The second-order valence-electron chi connectivity index (χ2n) is 5.26. The van der Waals surface area contributed by atoms with Crippen LogP contribution in [0.1, 0.15) is 43.9 Å². The van der Waals surface area contributed by atoms with Gasteiger partial charge in [-0.15, -0.1) is 0 Å². The summed E-state index contributed by atoms with van der Waals surface area (Å²) in [7, 11) is 0. The Morgan fingerprint density at radius 3 is 2.53 bits per heavy atom. The molecule has 1 heterocycles. The standard InChI is InChI=1S/C15H21NO/c1-11(2)15(17)16-10-4-5-14(16)13-8-6-12(3)7-9-13/h6-9,11,14H,4-5,10H2,1-3H3. The van der Waals surface area contributed by atoms with Crippen LogP contribution in [0.5, 0.6) is 0 Å². The van der Waals surface area contributed by atoms with Crippen molar-refractivity contribution in [3.8, 4) is 0 Å². The van der Waals surface area contributed by atoms with Crippen LogP contribution in [-0.4, -0.2) is 17.4 Å². The number of amides is 1. The third-order valence-electron chi connectivity index (χ3n) is 3.49. The first-order valence-electron chi connectivity index (χ1n) is 6.46. The number of hydrogen-bond acceptors (Lipinski definition) is 1. The Labute approximate surface area is 104 Å². The molecule has 1 aromatic carbocycles. The van der Waals surface area contributed by atoms with Crippen molar-refractivity contribution < 1.29 is 4.79 Å². The molecule has 1 aliphatic heterocycles. The number of likely N-dealkylation sites (tertiary alicyclic amines) is 1. The van der Waals surface area contributed by atoms with Crippen molar-refractivity contribution in [1.29, 1.82) is 0 Å². The van der Waals surface area contributed by atoms with E-state index in [2.05, 4.69) is 36.1 Å². The molecule has 1 unspecified atom stereocenters. The SMILES string of the molecule is Cc1ccc(C2CCCN2C(=O)C(C)C)cc1. The van der Waals surface area contributed by atoms with Gasteiger partial charge < -0.3 is 4.90 Å². The van der Waals surface area contributed by atoms with Gasteiger partial charge in [0.05, 0.1) is 6.04 Å². The maximum Gasteiger partial charge on any atom is 0.225 e. The van der Waals surface area contributed by atoms with Crippen molar-refractivity contribution in [2.75, 3.05) is 6.54 Å². The molecule has 0 aliphatic carbocycles. The molecule has 17 heavy (non-hydrogen) atoms. The van der Waals surface area contributed by atoms with Crippen LogP contribution in [0.2, 0.25) is 0 Å². The molecule has 1 aliphatic rings. The van der Waals surface area contributed by atoms with Gasteiger partial charge in [-0.1, -0.05) is 43.7 Å². The number of benzene rings is 1. The summed E-state index contributed by atoms with van der Waals surface area (Å²) in [5.74, 6) is 0.383. The number of nitrogens with zero attached hydrogens (tertiary/aromatic N) is 1. The highest BCUT2D eigenvalue weighted by Gasteiger charge is 2.30. The molecule has 92 valence electrons. The number of hydrogen-bond donors (Lipinski definition) is 0. The van der Waals surface area contributed by atoms with Gasteiger partial charge in [0.25, 0.3) is 0 Å². The highest BCUT2D eigenvalue weighted by atomic mass is 16.2. The summed E-state index contributed by atoms with van der Waals surface area (Å²) < 4.78 is 0. The lowest BCUT2D eigenvalue weighted by Crippen LogP contribution is -2.33. The van der Waals surface area contributed by atoms with Crippen molar-refractivity contribution in [2.24, 2.45) is 5.92 Å². The largest absolute Gasteiger partial charge is 0.335 e. The predicted octanol–water partition coefficient (Wildman–Crippen LogP) is 3.31. The van der Waals surface area contributed by atoms with Crippen molar-refractivity contribution in [3.05, 3.63) is 35.4 Å². The molecule has 0 N–H and O–H groups in total. The Bertz CT molecular complexity index is 394. The molecule has 0 bridgehead atoms. The van der Waals surface area contributed by atoms with E-state index in [4.69, 9.17) is 0 Å². The minimum Gasteiger partial charge on any atom is -0.335 e. The summed E-state index contributed by atoms with van der Waals surface area (Å²) in [5, 5.41) is 0. The predicted molar refractivity (Wildman–Crippen MR) is 69.7 cm³/mol. The van der Waals surface area contributed by atoms with Crippen LogP contribution in [0.25, 0.3) is 0 Å². The first-order chi connectivity index (χ1) is 8.09. The van der Waals surface area contributed by atoms with E-state index in [0.717, 1.165) is 19.4 Å². The molecule has 1 fully saturated rings. The van der Waals surface area contributed by atoms with Crippen molar-refractivity contribution in [1.82, 2.24) is 4.90 Å². The Hall–Kier alpha value is -1.31. The Morgan fingerprint density at radius 2 is 1.94 bits per heavy atom. The molecule has 1 aromatic rings. The zero-order chi connectivity index (χ0) is 12.4. The van der Waals surface area contributed by atoms with E-state index in [0.29, 0.717) is 6.04 Å². The fourth-order valence-corrected chi connectivity index (χ4v) is 2.50. The van der Waals surface area contributed by atoms with Crippen LogP contribution >= 0.6 is 0 Å². The van der Waals surface area contributed by atoms with Gasteiger partial charge in [-0.2, -0.15) is 0 Å². The first-order valence-corrected chi connectivity index (χ1v) is 6.46. The van der Waals surface area contributed by atoms with Gasteiger partial charge >= 0.3 is 0 Å². The zero-order valence-electron chi connectivity index (χ0n) is 10.9. The van der Waals surface area contributed by atoms with E-state index in [9.17, 15) is 4.79 Å². The summed E-state index contributed by atoms with van der Waals surface area (Å²) in [6.45, 7) is 6.96. The lowest BCUT2D eigenvalue weighted by atomic mass is 10.0. The average molecular weight is 231 g/mol. The van der Waals surface area contributed by atoms with Crippen LogP contribution < -0.4 is 0 Å². The van der Waals surface area contributed by atoms with Crippen LogP contribution in [-0.2, 0) is 4.79 Å². The second-order valence-corrected chi connectivity index (χ2v) is 5.26. The Balaban J connectivity index is 2.20. The lowest BCUT2D eigenvalue weighted by Gasteiger charge is -2.26. The van der Waals surface area contributed by atoms with Gasteiger partial charge in [-0.25, -0.2) is 0 Å². The van der Waals surface area contributed by atoms with Crippen molar-refractivity contribution in [2.45, 2.75) is 39.7 Å². The fraction of sp³-hybridized carbons (Fsp3) is 0.533. The summed E-state index contributed by atoms with van der Waals surface area (Å²) in [6.07, 6.45) is 2.22. The maximum absolute atomic E-state index is 12.1. The van der Waals surface area contributed by atoms with Gasteiger partial charge in [0.15, 0.2) is 0 Å². The van der Waals surface area contributed by atoms with Crippen LogP contribution in [0.3, 0.4) is 0 Å². The van der Waals surface area contributed by atoms with Crippen LogP contribution in [0.15, 0.2) is 24.3 Å². The lowest BCUT2D eigenvalue weighted by molar-refractivity contribution is -0.135. The van der Waals surface area contributed by atoms with Gasteiger partial charge in [0.2, 0.25) is 5.91 Å². The van der Waals surface area contributed by atoms with Crippen molar-refractivity contribution in [3.63, 3.8) is 0 Å². The monoisotopic (exact) mass is 231 g/mol. The number of rotatable bonds is 2. The van der Waals surface area contributed by atoms with Gasteiger partial charge in [-0.3, -0.25) is 4.79 Å². The molecule has 1 amide bonds. The quantitative estimate of drug-likeness (QED) is 0.764. The summed E-state index contributed by atoms with van der Waals surface area (Å²) in [4.78, 5) is 14.2. The summed E-state index contributed by atoms with van der Waals surface area (Å²) in [6, 6.07) is 8.88. The Morgan fingerprint density at radius 1 is 1.29 bits per heavy atom. The maximum atomic E-state index is 12.1. The molecule has 0 spiro atoms. The average Bonchev–Trinajstić information content (AvgIpc) is 2.77. The minimum atomic E-state index is 0.0982. The topological polar surface area (TPSA) is 20.3 Å². The molecular formula is C15H21NO. The molecule has 0 radical (unpaired) electrons. The highest BCUT2D eigenvalue weighted by molar-refractivity contribution is 5.78. The minimum absolute atomic E-state index is 0.0982. The fourth-order valence-electron chi connectivity index (χ4n) is 2.50. The van der Waals surface area contributed by atoms with E-state index in [1.54, 1.807) is 0 Å². The number of aryl methyl sites for hydroxylation is 1. The smallest absolute Gasteiger partial charge is 0.225 e. The third-order valence-corrected chi connectivity index (χ3v) is 3.49. The van der Waals surface area contributed by atoms with Crippen molar-refractivity contribution >= 4 is 5.91 Å². The molecule has 2 rings (SSSR count). The molecular weight excluding hydrogens is 210 g/mol. The van der Waals surface area contributed by atoms with Gasteiger partial charge in [0.1, 0.15) is 0 Å². The molecule has 1 atom stereocenters. The summed E-state index contributed by atoms with van der Waals surface area (Å²) in [5.41, 5.74) is 2.55. The molecule has 2 heteroatoms. The van der Waals surface area contributed by atoms with Crippen LogP contribution in [0, 0.1) is 12.8 Å². The first kappa shape index (κ1) is 12.2. The zero-order valence-corrected chi connectivity index (χ0v) is 10.9. The van der Waals surface area contributed by atoms with Crippen LogP contribution in [0.4, 0.5) is 0 Å². The van der Waals surface area contributed by atoms with E-state index in [-0.39, 0.29) is 11.8 Å². The normalized spacial score (nSPS) is 20.0. The second kappa shape index (κ2) is 4.91. The molecule has 0 saturated carbocycles. The summed E-state index contributed by atoms with van der Waals surface area (Å²) >= 11 is 0.